The van der Waals surface area contributed by atoms with E-state index < -0.39 is 0 Å². The monoisotopic (exact) mass is 124 g/mol. The fourth-order valence-electron chi connectivity index (χ4n) is 0.874. The molecule has 0 radical (unpaired) electrons. The van der Waals surface area contributed by atoms with Gasteiger partial charge in [-0.25, -0.2) is 0 Å². The Labute approximate surface area is 58.3 Å². The lowest BCUT2D eigenvalue weighted by molar-refractivity contribution is 0.758. The maximum absolute atomic E-state index is 2.23. The first-order valence-corrected chi connectivity index (χ1v) is 3.32. The average Bonchev–Trinajstić information content (AvgIpc) is 1.62. The maximum atomic E-state index is 2.23. The van der Waals surface area contributed by atoms with Crippen molar-refractivity contribution in [3.05, 3.63) is 24.3 Å². The lowest BCUT2D eigenvalue weighted by Gasteiger charge is -1.94. The van der Waals surface area contributed by atoms with Crippen LogP contribution in [0.15, 0.2) is 24.3 Å². The molecule has 0 bridgehead atoms. The van der Waals surface area contributed by atoms with Crippen molar-refractivity contribution in [1.82, 2.24) is 0 Å². The highest BCUT2D eigenvalue weighted by atomic mass is 13.9. The molecule has 0 aromatic carbocycles. The summed E-state index contributed by atoms with van der Waals surface area (Å²) in [6, 6.07) is 0. The number of hydrogen-bond donors (Lipinski definition) is 0. The van der Waals surface area contributed by atoms with Gasteiger partial charge in [-0.2, -0.15) is 0 Å². The molecule has 0 aromatic rings. The van der Waals surface area contributed by atoms with Crippen molar-refractivity contribution in [3.63, 3.8) is 0 Å². The van der Waals surface area contributed by atoms with Crippen LogP contribution in [0.5, 0.6) is 0 Å². The van der Waals surface area contributed by atoms with Crippen LogP contribution in [0.1, 0.15) is 33.1 Å². The molecule has 0 fully saturated rings. The Morgan fingerprint density at radius 3 is 1.67 bits per heavy atom. The predicted molar refractivity (Wildman–Crippen MR) is 43.5 cm³/mol. The Hall–Kier alpha value is -0.520. The van der Waals surface area contributed by atoms with Crippen LogP contribution in [0.3, 0.4) is 0 Å². The lowest BCUT2D eigenvalue weighted by Crippen LogP contribution is -1.74. The summed E-state index contributed by atoms with van der Waals surface area (Å²) in [5, 5.41) is 0. The first kappa shape index (κ1) is 8.48. The van der Waals surface area contributed by atoms with Crippen molar-refractivity contribution in [2.45, 2.75) is 33.1 Å². The summed E-state index contributed by atoms with van der Waals surface area (Å²) < 4.78 is 0. The summed E-state index contributed by atoms with van der Waals surface area (Å²) in [6.07, 6.45) is 14.0. The second-order valence-electron chi connectivity index (χ2n) is 2.14. The van der Waals surface area contributed by atoms with E-state index in [0.717, 1.165) is 0 Å². The largest absolute Gasteiger partial charge is 0.0845 e. The second kappa shape index (κ2) is 5.61. The van der Waals surface area contributed by atoms with Crippen molar-refractivity contribution >= 4 is 0 Å². The Morgan fingerprint density at radius 1 is 0.778 bits per heavy atom. The molecule has 0 heterocycles. The third kappa shape index (κ3) is 4.01. The van der Waals surface area contributed by atoms with E-state index in [1.165, 1.54) is 25.7 Å². The van der Waals surface area contributed by atoms with Gasteiger partial charge in [0.2, 0.25) is 0 Å². The van der Waals surface area contributed by atoms with Crippen LogP contribution in [0.25, 0.3) is 0 Å². The highest BCUT2D eigenvalue weighted by molar-refractivity contribution is 5.03. The van der Waals surface area contributed by atoms with Crippen LogP contribution in [0, 0.1) is 0 Å². The summed E-state index contributed by atoms with van der Waals surface area (Å²) in [7, 11) is 0. The zero-order chi connectivity index (χ0) is 5.66. The van der Waals surface area contributed by atoms with E-state index in [-0.39, 0.29) is 7.43 Å². The van der Waals surface area contributed by atoms with Gasteiger partial charge < -0.3 is 0 Å². The van der Waals surface area contributed by atoms with Gasteiger partial charge in [-0.05, 0) is 25.7 Å². The third-order valence-corrected chi connectivity index (χ3v) is 1.37. The molecular weight excluding hydrogens is 108 g/mol. The van der Waals surface area contributed by atoms with Gasteiger partial charge in [-0.15, -0.1) is 0 Å². The summed E-state index contributed by atoms with van der Waals surface area (Å²) in [4.78, 5) is 0. The van der Waals surface area contributed by atoms with Crippen molar-refractivity contribution in [2.24, 2.45) is 0 Å². The first-order valence-electron chi connectivity index (χ1n) is 3.32. The van der Waals surface area contributed by atoms with Gasteiger partial charge in [0.15, 0.2) is 0 Å². The van der Waals surface area contributed by atoms with Gasteiger partial charge in [-0.3, -0.25) is 0 Å². The minimum absolute atomic E-state index is 0. The molecule has 0 amide bonds. The summed E-state index contributed by atoms with van der Waals surface area (Å²) in [5.74, 6) is 0. The van der Waals surface area contributed by atoms with Gasteiger partial charge in [0.1, 0.15) is 0 Å². The zero-order valence-electron chi connectivity index (χ0n) is 5.14. The Balaban J connectivity index is 0.000000640. The predicted octanol–water partition coefficient (Wildman–Crippen LogP) is 3.31. The fourth-order valence-corrected chi connectivity index (χ4v) is 0.874. The molecule has 9 heavy (non-hydrogen) atoms. The van der Waals surface area contributed by atoms with Crippen LogP contribution in [-0.2, 0) is 0 Å². The molecule has 52 valence electrons. The maximum Gasteiger partial charge on any atom is -0.0347 e. The van der Waals surface area contributed by atoms with E-state index in [0.29, 0.717) is 0 Å². The van der Waals surface area contributed by atoms with Crippen molar-refractivity contribution in [2.75, 3.05) is 0 Å². The topological polar surface area (TPSA) is 0 Å². The Kier molecular flexibility index (Phi) is 5.29. The normalized spacial score (nSPS) is 17.8. The molecule has 0 atom stereocenters. The van der Waals surface area contributed by atoms with Gasteiger partial charge in [0.25, 0.3) is 0 Å². The molecular formula is C9H16. The molecule has 0 aliphatic heterocycles. The molecule has 0 N–H and O–H groups in total. The van der Waals surface area contributed by atoms with E-state index >= 15 is 0 Å². The first-order chi connectivity index (χ1) is 4.00. The summed E-state index contributed by atoms with van der Waals surface area (Å²) in [6.45, 7) is 0. The second-order valence-corrected chi connectivity index (χ2v) is 2.14. The highest BCUT2D eigenvalue weighted by Crippen LogP contribution is 2.04. The lowest BCUT2D eigenvalue weighted by atomic mass is 10.1. The number of allylic oxidation sites excluding steroid dienone is 4. The molecule has 1 aliphatic rings. The Bertz CT molecular complexity index is 84.6. The van der Waals surface area contributed by atoms with Gasteiger partial charge in [-0.1, -0.05) is 31.7 Å². The van der Waals surface area contributed by atoms with Crippen LogP contribution in [-0.4, -0.2) is 0 Å². The van der Waals surface area contributed by atoms with Crippen molar-refractivity contribution in [3.8, 4) is 0 Å². The van der Waals surface area contributed by atoms with E-state index in [4.69, 9.17) is 0 Å². The van der Waals surface area contributed by atoms with E-state index in [2.05, 4.69) is 24.3 Å². The molecule has 0 saturated heterocycles. The third-order valence-electron chi connectivity index (χ3n) is 1.37. The molecule has 1 rings (SSSR count). The number of hydrogen-bond acceptors (Lipinski definition) is 0. The zero-order valence-corrected chi connectivity index (χ0v) is 5.14. The van der Waals surface area contributed by atoms with Gasteiger partial charge >= 0.3 is 0 Å². The van der Waals surface area contributed by atoms with Crippen LogP contribution >= 0.6 is 0 Å². The van der Waals surface area contributed by atoms with Crippen molar-refractivity contribution < 1.29 is 0 Å². The average molecular weight is 124 g/mol. The quantitative estimate of drug-likeness (QED) is 0.464. The summed E-state index contributed by atoms with van der Waals surface area (Å²) in [5.41, 5.74) is 0. The molecule has 0 heteroatoms. The minimum Gasteiger partial charge on any atom is -0.0845 e. The Morgan fingerprint density at radius 2 is 1.22 bits per heavy atom. The molecule has 0 nitrogen and oxygen atoms in total. The molecule has 0 unspecified atom stereocenters. The van der Waals surface area contributed by atoms with Gasteiger partial charge in [0, 0.05) is 0 Å². The van der Waals surface area contributed by atoms with Crippen LogP contribution in [0.2, 0.25) is 0 Å². The molecule has 1 aliphatic carbocycles. The standard InChI is InChI=1S/C8H12.CH4/c1-2-4-6-8-7-5-3-1;/h1-4H,5-8H2;1H4. The highest BCUT2D eigenvalue weighted by Gasteiger charge is 1.84. The fraction of sp³-hybridized carbons (Fsp3) is 0.556. The van der Waals surface area contributed by atoms with Crippen LogP contribution in [0.4, 0.5) is 0 Å². The molecule has 0 aromatic heterocycles. The van der Waals surface area contributed by atoms with E-state index in [1.807, 2.05) is 0 Å². The van der Waals surface area contributed by atoms with Crippen LogP contribution < -0.4 is 0 Å². The minimum atomic E-state index is 0. The summed E-state index contributed by atoms with van der Waals surface area (Å²) >= 11 is 0. The molecule has 0 spiro atoms. The van der Waals surface area contributed by atoms with Gasteiger partial charge in [0.05, 0.1) is 0 Å². The molecule has 0 saturated carbocycles. The number of rotatable bonds is 0. The van der Waals surface area contributed by atoms with E-state index in [9.17, 15) is 0 Å². The SMILES string of the molecule is C.C1=CCCCCC=C1. The smallest absolute Gasteiger partial charge is 0.0347 e. The van der Waals surface area contributed by atoms with Crippen molar-refractivity contribution in [1.29, 1.82) is 0 Å². The van der Waals surface area contributed by atoms with E-state index in [1.54, 1.807) is 0 Å².